The highest BCUT2D eigenvalue weighted by Gasteiger charge is 2.12. The molecule has 0 bridgehead atoms. The first-order valence-electron chi connectivity index (χ1n) is 4.98. The minimum atomic E-state index is -0.194. The number of hydrogen-bond acceptors (Lipinski definition) is 5. The van der Waals surface area contributed by atoms with E-state index in [9.17, 15) is 4.79 Å². The Morgan fingerprint density at radius 3 is 3.00 bits per heavy atom. The number of carbonyl (C=O) groups excluding carboxylic acids is 1. The lowest BCUT2D eigenvalue weighted by molar-refractivity contribution is 0.103. The second kappa shape index (κ2) is 4.64. The molecule has 0 aliphatic carbocycles. The summed E-state index contributed by atoms with van der Waals surface area (Å²) < 4.78 is 2.23. The van der Waals surface area contributed by atoms with Gasteiger partial charge in [0, 0.05) is 9.40 Å². The maximum Gasteiger partial charge on any atom is 0.266 e. The zero-order chi connectivity index (χ0) is 12.5. The van der Waals surface area contributed by atoms with Crippen molar-refractivity contribution < 1.29 is 4.79 Å². The number of amides is 1. The smallest absolute Gasteiger partial charge is 0.266 e. The third kappa shape index (κ3) is 2.22. The van der Waals surface area contributed by atoms with E-state index in [0.717, 1.165) is 9.40 Å². The van der Waals surface area contributed by atoms with E-state index in [2.05, 4.69) is 15.3 Å². The summed E-state index contributed by atoms with van der Waals surface area (Å²) in [4.78, 5) is 20.5. The van der Waals surface area contributed by atoms with Gasteiger partial charge < -0.3 is 5.32 Å². The number of carbonyl (C=O) groups is 1. The molecule has 3 heterocycles. The molecule has 90 valence electrons. The Hall–Kier alpha value is -1.50. The Kier molecular flexibility index (Phi) is 2.99. The first-order valence-corrected chi connectivity index (χ1v) is 7.06. The molecule has 0 radical (unpaired) electrons. The summed E-state index contributed by atoms with van der Waals surface area (Å²) in [6, 6.07) is 3.87. The SMILES string of the molecule is O=C(Nc1cncc(Cl)n1)c1cc2sccc2s1. The average molecular weight is 296 g/mol. The summed E-state index contributed by atoms with van der Waals surface area (Å²) in [5.41, 5.74) is 0. The molecule has 0 aliphatic heterocycles. The lowest BCUT2D eigenvalue weighted by Crippen LogP contribution is -2.11. The van der Waals surface area contributed by atoms with Gasteiger partial charge >= 0.3 is 0 Å². The van der Waals surface area contributed by atoms with Crippen LogP contribution in [0.3, 0.4) is 0 Å². The zero-order valence-corrected chi connectivity index (χ0v) is 11.3. The zero-order valence-electron chi connectivity index (χ0n) is 8.88. The summed E-state index contributed by atoms with van der Waals surface area (Å²) in [6.45, 7) is 0. The summed E-state index contributed by atoms with van der Waals surface area (Å²) in [5.74, 6) is 0.157. The van der Waals surface area contributed by atoms with Crippen LogP contribution in [0.15, 0.2) is 29.9 Å². The van der Waals surface area contributed by atoms with E-state index < -0.39 is 0 Å². The van der Waals surface area contributed by atoms with Crippen molar-refractivity contribution in [2.75, 3.05) is 5.32 Å². The number of fused-ring (bicyclic) bond motifs is 1. The van der Waals surface area contributed by atoms with Crippen molar-refractivity contribution in [1.29, 1.82) is 0 Å². The Bertz CT molecular complexity index is 693. The second-order valence-corrected chi connectivity index (χ2v) is 5.86. The molecule has 1 N–H and O–H groups in total. The number of thiophene rings is 2. The van der Waals surface area contributed by atoms with Gasteiger partial charge in [0.05, 0.1) is 17.3 Å². The number of rotatable bonds is 2. The van der Waals surface area contributed by atoms with Crippen molar-refractivity contribution in [3.63, 3.8) is 0 Å². The summed E-state index contributed by atoms with van der Waals surface area (Å²) in [6.07, 6.45) is 2.87. The van der Waals surface area contributed by atoms with E-state index in [1.807, 2.05) is 17.5 Å². The number of hydrogen-bond donors (Lipinski definition) is 1. The number of nitrogens with zero attached hydrogens (tertiary/aromatic N) is 2. The van der Waals surface area contributed by atoms with Crippen molar-refractivity contribution in [2.45, 2.75) is 0 Å². The summed E-state index contributed by atoms with van der Waals surface area (Å²) in [7, 11) is 0. The van der Waals surface area contributed by atoms with Gasteiger partial charge in [-0.1, -0.05) is 11.6 Å². The van der Waals surface area contributed by atoms with Crippen LogP contribution in [0.2, 0.25) is 5.15 Å². The van der Waals surface area contributed by atoms with Crippen molar-refractivity contribution in [1.82, 2.24) is 9.97 Å². The van der Waals surface area contributed by atoms with Crippen molar-refractivity contribution in [2.24, 2.45) is 0 Å². The van der Waals surface area contributed by atoms with Gasteiger partial charge in [0.15, 0.2) is 5.82 Å². The van der Waals surface area contributed by atoms with Crippen molar-refractivity contribution in [3.05, 3.63) is 39.9 Å². The van der Waals surface area contributed by atoms with Crippen molar-refractivity contribution >= 4 is 55.4 Å². The van der Waals surface area contributed by atoms with E-state index in [1.165, 1.54) is 23.7 Å². The Morgan fingerprint density at radius 2 is 2.22 bits per heavy atom. The molecule has 4 nitrogen and oxygen atoms in total. The third-order valence-electron chi connectivity index (χ3n) is 2.21. The van der Waals surface area contributed by atoms with Crippen LogP contribution in [0.25, 0.3) is 9.40 Å². The number of anilines is 1. The van der Waals surface area contributed by atoms with Crippen LogP contribution in [0, 0.1) is 0 Å². The minimum absolute atomic E-state index is 0.194. The molecule has 0 saturated heterocycles. The highest BCUT2D eigenvalue weighted by molar-refractivity contribution is 7.27. The van der Waals surface area contributed by atoms with Gasteiger partial charge in [-0.2, -0.15) is 0 Å². The topological polar surface area (TPSA) is 54.9 Å². The first-order chi connectivity index (χ1) is 8.72. The first kappa shape index (κ1) is 11.6. The van der Waals surface area contributed by atoms with Crippen LogP contribution in [-0.2, 0) is 0 Å². The maximum absolute atomic E-state index is 12.0. The van der Waals surface area contributed by atoms with Crippen molar-refractivity contribution in [3.8, 4) is 0 Å². The molecular formula is C11H6ClN3OS2. The van der Waals surface area contributed by atoms with Crippen LogP contribution in [-0.4, -0.2) is 15.9 Å². The molecular weight excluding hydrogens is 290 g/mol. The fourth-order valence-electron chi connectivity index (χ4n) is 1.46. The van der Waals surface area contributed by atoms with E-state index in [4.69, 9.17) is 11.6 Å². The Morgan fingerprint density at radius 1 is 1.33 bits per heavy atom. The molecule has 0 atom stereocenters. The maximum atomic E-state index is 12.0. The fraction of sp³-hybridized carbons (Fsp3) is 0. The van der Waals surface area contributed by atoms with Gasteiger partial charge in [0.1, 0.15) is 5.15 Å². The molecule has 0 spiro atoms. The van der Waals surface area contributed by atoms with E-state index in [1.54, 1.807) is 11.3 Å². The van der Waals surface area contributed by atoms with Crippen LogP contribution in [0.4, 0.5) is 5.82 Å². The van der Waals surface area contributed by atoms with Gasteiger partial charge in [0.2, 0.25) is 0 Å². The van der Waals surface area contributed by atoms with Crippen LogP contribution < -0.4 is 5.32 Å². The standard InChI is InChI=1S/C11H6ClN3OS2/c12-9-4-13-5-10(14-9)15-11(16)8-3-7-6(18-8)1-2-17-7/h1-5H,(H,14,15,16). The molecule has 0 unspecified atom stereocenters. The van der Waals surface area contributed by atoms with Gasteiger partial charge in [-0.05, 0) is 17.5 Å². The predicted octanol–water partition coefficient (Wildman–Crippen LogP) is 3.66. The molecule has 3 aromatic rings. The lowest BCUT2D eigenvalue weighted by atomic mass is 10.4. The van der Waals surface area contributed by atoms with Gasteiger partial charge in [0.25, 0.3) is 5.91 Å². The number of nitrogens with one attached hydrogen (secondary N) is 1. The fourth-order valence-corrected chi connectivity index (χ4v) is 3.61. The average Bonchev–Trinajstić information content (AvgIpc) is 2.88. The molecule has 7 heteroatoms. The van der Waals surface area contributed by atoms with Gasteiger partial charge in [-0.25, -0.2) is 4.98 Å². The predicted molar refractivity (Wildman–Crippen MR) is 74.7 cm³/mol. The molecule has 1 amide bonds. The molecule has 0 aromatic carbocycles. The van der Waals surface area contributed by atoms with E-state index in [-0.39, 0.29) is 11.1 Å². The van der Waals surface area contributed by atoms with Crippen LogP contribution >= 0.6 is 34.3 Å². The van der Waals surface area contributed by atoms with E-state index >= 15 is 0 Å². The lowest BCUT2D eigenvalue weighted by Gasteiger charge is -2.01. The highest BCUT2D eigenvalue weighted by atomic mass is 35.5. The van der Waals surface area contributed by atoms with Gasteiger partial charge in [-0.3, -0.25) is 9.78 Å². The second-order valence-electron chi connectivity index (χ2n) is 3.44. The largest absolute Gasteiger partial charge is 0.305 e. The van der Waals surface area contributed by atoms with Gasteiger partial charge in [-0.15, -0.1) is 22.7 Å². The summed E-state index contributed by atoms with van der Waals surface area (Å²) in [5, 5.41) is 4.92. The summed E-state index contributed by atoms with van der Waals surface area (Å²) >= 11 is 8.77. The van der Waals surface area contributed by atoms with E-state index in [0.29, 0.717) is 10.7 Å². The number of halogens is 1. The molecule has 3 rings (SSSR count). The van der Waals surface area contributed by atoms with Crippen LogP contribution in [0.5, 0.6) is 0 Å². The third-order valence-corrected chi connectivity index (χ3v) is 4.48. The molecule has 0 fully saturated rings. The molecule has 0 saturated carbocycles. The molecule has 18 heavy (non-hydrogen) atoms. The van der Waals surface area contributed by atoms with Crippen LogP contribution in [0.1, 0.15) is 9.67 Å². The molecule has 0 aliphatic rings. The number of aromatic nitrogens is 2. The minimum Gasteiger partial charge on any atom is -0.305 e. The quantitative estimate of drug-likeness (QED) is 0.785. The normalized spacial score (nSPS) is 10.7. The highest BCUT2D eigenvalue weighted by Crippen LogP contribution is 2.30. The monoisotopic (exact) mass is 295 g/mol. The Balaban J connectivity index is 1.85. The molecule has 3 aromatic heterocycles. The Labute approximate surface area is 115 Å².